The maximum atomic E-state index is 9.98. The Hall–Kier alpha value is -0.350. The van der Waals surface area contributed by atoms with E-state index < -0.39 is 11.1 Å². The number of hydrogen-bond acceptors (Lipinski definition) is 3. The first-order valence-corrected chi connectivity index (χ1v) is 2.53. The molecule has 3 nitrogen and oxygen atoms in total. The molecule has 4 heteroatoms. The van der Waals surface area contributed by atoms with Gasteiger partial charge in [-0.2, -0.15) is 4.28 Å². The van der Waals surface area contributed by atoms with Crippen molar-refractivity contribution in [3.05, 3.63) is 11.6 Å². The summed E-state index contributed by atoms with van der Waals surface area (Å²) >= 11 is -1.21. The van der Waals surface area contributed by atoms with Crippen molar-refractivity contribution in [2.75, 3.05) is 0 Å². The lowest BCUT2D eigenvalue weighted by atomic mass is 11.1. The molecule has 0 saturated carbocycles. The van der Waals surface area contributed by atoms with Crippen molar-refractivity contribution >= 4 is 11.1 Å². The normalized spacial score (nSPS) is 30.3. The van der Waals surface area contributed by atoms with Gasteiger partial charge in [0, 0.05) is 6.20 Å². The molecule has 0 bridgehead atoms. The Bertz CT molecular complexity index is 99.7. The van der Waals surface area contributed by atoms with Crippen LogP contribution in [-0.2, 0) is 15.4 Å². The monoisotopic (exact) mass is 105 g/mol. The average molecular weight is 105 g/mol. The zero-order valence-corrected chi connectivity index (χ0v) is 3.70. The SMILES string of the molecule is O=S1C=CNO1. The molecule has 1 aliphatic heterocycles. The third-order valence-corrected chi connectivity index (χ3v) is 0.996. The molecule has 0 aromatic rings. The third kappa shape index (κ3) is 0.580. The first kappa shape index (κ1) is 3.83. The molecule has 0 radical (unpaired) electrons. The van der Waals surface area contributed by atoms with Crippen molar-refractivity contribution in [1.82, 2.24) is 5.48 Å². The van der Waals surface area contributed by atoms with Gasteiger partial charge in [0.25, 0.3) is 0 Å². The predicted octanol–water partition coefficient (Wildman–Crippen LogP) is -0.344. The van der Waals surface area contributed by atoms with E-state index in [2.05, 4.69) is 9.76 Å². The van der Waals surface area contributed by atoms with Gasteiger partial charge in [-0.05, 0) is 0 Å². The average Bonchev–Trinajstić information content (AvgIpc) is 1.86. The van der Waals surface area contributed by atoms with E-state index in [4.69, 9.17) is 0 Å². The fraction of sp³-hybridized carbons (Fsp3) is 0. The zero-order chi connectivity index (χ0) is 4.41. The summed E-state index contributed by atoms with van der Waals surface area (Å²) in [6, 6.07) is 0. The van der Waals surface area contributed by atoms with Crippen LogP contribution in [-0.4, -0.2) is 4.21 Å². The quantitative estimate of drug-likeness (QED) is 0.458. The van der Waals surface area contributed by atoms with Crippen LogP contribution in [0.25, 0.3) is 0 Å². The molecule has 0 saturated heterocycles. The summed E-state index contributed by atoms with van der Waals surface area (Å²) in [5.41, 5.74) is 2.29. The first-order chi connectivity index (χ1) is 2.89. The van der Waals surface area contributed by atoms with Gasteiger partial charge in [-0.25, -0.2) is 4.21 Å². The highest BCUT2D eigenvalue weighted by Gasteiger charge is 1.95. The minimum atomic E-state index is -1.21. The Morgan fingerprint density at radius 3 is 2.83 bits per heavy atom. The second-order valence-corrected chi connectivity index (χ2v) is 1.72. The predicted molar refractivity (Wildman–Crippen MR) is 21.5 cm³/mol. The number of rotatable bonds is 0. The van der Waals surface area contributed by atoms with Gasteiger partial charge in [0.15, 0.2) is 0 Å². The molecule has 1 N–H and O–H groups in total. The topological polar surface area (TPSA) is 38.3 Å². The number of hydroxylamine groups is 1. The van der Waals surface area contributed by atoms with Crippen molar-refractivity contribution in [3.8, 4) is 0 Å². The van der Waals surface area contributed by atoms with Crippen molar-refractivity contribution in [2.45, 2.75) is 0 Å². The molecule has 0 aromatic heterocycles. The maximum Gasteiger partial charge on any atom is 0.206 e. The Morgan fingerprint density at radius 1 is 1.83 bits per heavy atom. The van der Waals surface area contributed by atoms with Gasteiger partial charge in [-0.3, -0.25) is 5.48 Å². The van der Waals surface area contributed by atoms with Gasteiger partial charge in [0.1, 0.15) is 0 Å². The largest absolute Gasteiger partial charge is 0.258 e. The summed E-state index contributed by atoms with van der Waals surface area (Å²) < 4.78 is 14.2. The Labute approximate surface area is 37.6 Å². The van der Waals surface area contributed by atoms with E-state index in [0.29, 0.717) is 0 Å². The van der Waals surface area contributed by atoms with Crippen molar-refractivity contribution in [2.24, 2.45) is 0 Å². The summed E-state index contributed by atoms with van der Waals surface area (Å²) in [6.45, 7) is 0. The zero-order valence-electron chi connectivity index (χ0n) is 2.88. The second-order valence-electron chi connectivity index (χ2n) is 0.764. The molecule has 0 spiro atoms. The van der Waals surface area contributed by atoms with E-state index in [-0.39, 0.29) is 0 Å². The van der Waals surface area contributed by atoms with Crippen LogP contribution >= 0.6 is 0 Å². The van der Waals surface area contributed by atoms with Crippen molar-refractivity contribution in [1.29, 1.82) is 0 Å². The van der Waals surface area contributed by atoms with Gasteiger partial charge in [-0.15, -0.1) is 0 Å². The van der Waals surface area contributed by atoms with E-state index in [1.807, 2.05) is 0 Å². The molecular weight excluding hydrogens is 102 g/mol. The third-order valence-electron chi connectivity index (χ3n) is 0.377. The van der Waals surface area contributed by atoms with Crippen LogP contribution in [0.3, 0.4) is 0 Å². The molecule has 1 atom stereocenters. The van der Waals surface area contributed by atoms with Gasteiger partial charge < -0.3 is 0 Å². The number of nitrogens with one attached hydrogen (secondary N) is 1. The van der Waals surface area contributed by atoms with Crippen LogP contribution < -0.4 is 5.48 Å². The molecule has 0 fully saturated rings. The molecule has 0 amide bonds. The summed E-state index contributed by atoms with van der Waals surface area (Å²) in [5.74, 6) is 0. The Kier molecular flexibility index (Phi) is 0.894. The molecule has 34 valence electrons. The molecule has 0 aromatic carbocycles. The highest BCUT2D eigenvalue weighted by molar-refractivity contribution is 7.83. The van der Waals surface area contributed by atoms with Crippen LogP contribution in [0.5, 0.6) is 0 Å². The summed E-state index contributed by atoms with van der Waals surface area (Å²) in [6.07, 6.45) is 1.48. The molecular formula is C2H3NO2S. The standard InChI is InChI=1S/C2H3NO2S/c4-6-2-1-3-5-6/h1-3H. The van der Waals surface area contributed by atoms with Crippen molar-refractivity contribution < 1.29 is 8.49 Å². The molecule has 1 rings (SSSR count). The van der Waals surface area contributed by atoms with Gasteiger partial charge in [0.2, 0.25) is 11.1 Å². The highest BCUT2D eigenvalue weighted by atomic mass is 32.2. The molecule has 0 aliphatic carbocycles. The van der Waals surface area contributed by atoms with Crippen LogP contribution in [0.1, 0.15) is 0 Å². The maximum absolute atomic E-state index is 9.98. The van der Waals surface area contributed by atoms with Crippen LogP contribution in [0.15, 0.2) is 11.6 Å². The summed E-state index contributed by atoms with van der Waals surface area (Å²) in [7, 11) is 0. The fourth-order valence-corrected chi connectivity index (χ4v) is 0.559. The van der Waals surface area contributed by atoms with E-state index in [1.54, 1.807) is 0 Å². The minimum absolute atomic E-state index is 1.21. The lowest BCUT2D eigenvalue weighted by Crippen LogP contribution is -1.97. The fourth-order valence-electron chi connectivity index (χ4n) is 0.186. The molecule has 1 heterocycles. The Balaban J connectivity index is 2.59. The van der Waals surface area contributed by atoms with Gasteiger partial charge in [0.05, 0.1) is 5.41 Å². The molecule has 1 aliphatic rings. The minimum Gasteiger partial charge on any atom is -0.258 e. The molecule has 1 unspecified atom stereocenters. The lowest BCUT2D eigenvalue weighted by Gasteiger charge is -1.80. The number of hydrogen-bond donors (Lipinski definition) is 1. The van der Waals surface area contributed by atoms with E-state index in [1.165, 1.54) is 11.6 Å². The van der Waals surface area contributed by atoms with E-state index >= 15 is 0 Å². The lowest BCUT2D eigenvalue weighted by molar-refractivity contribution is 0.286. The van der Waals surface area contributed by atoms with Crippen molar-refractivity contribution in [3.63, 3.8) is 0 Å². The smallest absolute Gasteiger partial charge is 0.206 e. The molecule has 6 heavy (non-hydrogen) atoms. The first-order valence-electron chi connectivity index (χ1n) is 1.40. The highest BCUT2D eigenvalue weighted by Crippen LogP contribution is 1.89. The Morgan fingerprint density at radius 2 is 2.67 bits per heavy atom. The van der Waals surface area contributed by atoms with Gasteiger partial charge in [-0.1, -0.05) is 0 Å². The van der Waals surface area contributed by atoms with Crippen LogP contribution in [0, 0.1) is 0 Å². The summed E-state index contributed by atoms with van der Waals surface area (Å²) in [5, 5.41) is 1.42. The summed E-state index contributed by atoms with van der Waals surface area (Å²) in [4.78, 5) is 0. The van der Waals surface area contributed by atoms with Crippen LogP contribution in [0.4, 0.5) is 0 Å². The van der Waals surface area contributed by atoms with Crippen LogP contribution in [0.2, 0.25) is 0 Å². The van der Waals surface area contributed by atoms with Gasteiger partial charge >= 0.3 is 0 Å². The van der Waals surface area contributed by atoms with E-state index in [0.717, 1.165) is 0 Å². The second kappa shape index (κ2) is 1.40. The van der Waals surface area contributed by atoms with E-state index in [9.17, 15) is 4.21 Å².